The number of allylic oxidation sites excluding steroid dienone is 1. The number of alkyl carbamates (subject to hydrolysis) is 1. The van der Waals surface area contributed by atoms with Gasteiger partial charge in [-0.1, -0.05) is 6.58 Å². The SMILES string of the molecule is C=C(C)N1CCC(C[C@H](NC(=O)OC(C)(C)C)C(=O)c2nccs2)CC1. The van der Waals surface area contributed by atoms with Crippen LogP contribution in [0.1, 0.15) is 56.8 Å². The van der Waals surface area contributed by atoms with Gasteiger partial charge in [-0.3, -0.25) is 4.79 Å². The summed E-state index contributed by atoms with van der Waals surface area (Å²) in [7, 11) is 0. The minimum absolute atomic E-state index is 0.145. The standard InChI is InChI=1S/C19H29N3O3S/c1-13(2)22-9-6-14(7-10-22)12-15(16(23)17-20-8-11-26-17)21-18(24)25-19(3,4)5/h8,11,14-15H,1,6-7,9-10,12H2,2-5H3,(H,21,24)/t15-/m0/s1. The molecule has 0 spiro atoms. The van der Waals surface area contributed by atoms with Gasteiger partial charge < -0.3 is 15.0 Å². The van der Waals surface area contributed by atoms with Crippen molar-refractivity contribution in [3.8, 4) is 0 Å². The monoisotopic (exact) mass is 379 g/mol. The largest absolute Gasteiger partial charge is 0.444 e. The molecule has 2 rings (SSSR count). The minimum atomic E-state index is -0.614. The number of ketones is 1. The maximum absolute atomic E-state index is 12.8. The molecule has 0 radical (unpaired) electrons. The number of thiazole rings is 1. The molecule has 1 fully saturated rings. The van der Waals surface area contributed by atoms with E-state index in [1.165, 1.54) is 11.3 Å². The summed E-state index contributed by atoms with van der Waals surface area (Å²) in [6.07, 6.45) is 3.59. The fourth-order valence-electron chi connectivity index (χ4n) is 3.06. The molecule has 2 heterocycles. The van der Waals surface area contributed by atoms with E-state index in [2.05, 4.69) is 21.8 Å². The van der Waals surface area contributed by atoms with E-state index in [-0.39, 0.29) is 5.78 Å². The predicted octanol–water partition coefficient (Wildman–Crippen LogP) is 3.85. The van der Waals surface area contributed by atoms with Crippen LogP contribution in [-0.2, 0) is 4.74 Å². The van der Waals surface area contributed by atoms with E-state index in [0.29, 0.717) is 17.3 Å². The quantitative estimate of drug-likeness (QED) is 0.760. The van der Waals surface area contributed by atoms with Crippen molar-refractivity contribution in [1.29, 1.82) is 0 Å². The van der Waals surface area contributed by atoms with E-state index >= 15 is 0 Å². The van der Waals surface area contributed by atoms with Crippen LogP contribution >= 0.6 is 11.3 Å². The van der Waals surface area contributed by atoms with E-state index in [9.17, 15) is 9.59 Å². The number of ether oxygens (including phenoxy) is 1. The Labute approximate surface area is 159 Å². The molecular formula is C19H29N3O3S. The molecule has 1 aromatic heterocycles. The van der Waals surface area contributed by atoms with E-state index in [1.54, 1.807) is 32.3 Å². The molecule has 0 aromatic carbocycles. The average molecular weight is 380 g/mol. The zero-order valence-corrected chi connectivity index (χ0v) is 16.9. The van der Waals surface area contributed by atoms with Crippen LogP contribution in [0.15, 0.2) is 23.9 Å². The van der Waals surface area contributed by atoms with Crippen molar-refractivity contribution >= 4 is 23.2 Å². The van der Waals surface area contributed by atoms with Gasteiger partial charge in [-0.05, 0) is 52.9 Å². The summed E-state index contributed by atoms with van der Waals surface area (Å²) in [6, 6.07) is -0.614. The van der Waals surface area contributed by atoms with Gasteiger partial charge in [-0.2, -0.15) is 0 Å². The molecule has 7 heteroatoms. The van der Waals surface area contributed by atoms with Gasteiger partial charge in [0.25, 0.3) is 0 Å². The summed E-state index contributed by atoms with van der Waals surface area (Å²) in [5, 5.41) is 4.96. The molecule has 1 aliphatic rings. The number of amides is 1. The van der Waals surface area contributed by atoms with Crippen LogP contribution in [-0.4, -0.2) is 46.5 Å². The highest BCUT2D eigenvalue weighted by molar-refractivity contribution is 7.11. The Morgan fingerprint density at radius 2 is 2.08 bits per heavy atom. The first-order valence-corrected chi connectivity index (χ1v) is 9.87. The maximum atomic E-state index is 12.8. The number of Topliss-reactive ketones (excluding diaryl/α,β-unsaturated/α-hetero) is 1. The van der Waals surface area contributed by atoms with Gasteiger partial charge in [0.2, 0.25) is 5.78 Å². The molecule has 144 valence electrons. The van der Waals surface area contributed by atoms with E-state index < -0.39 is 17.7 Å². The Kier molecular flexibility index (Phi) is 6.81. The van der Waals surface area contributed by atoms with Gasteiger partial charge in [0.15, 0.2) is 5.01 Å². The van der Waals surface area contributed by atoms with Crippen molar-refractivity contribution in [2.45, 2.75) is 58.6 Å². The number of carbonyl (C=O) groups excluding carboxylic acids is 2. The fourth-order valence-corrected chi connectivity index (χ4v) is 3.69. The van der Waals surface area contributed by atoms with Crippen molar-refractivity contribution < 1.29 is 14.3 Å². The Balaban J connectivity index is 2.02. The molecule has 1 atom stereocenters. The van der Waals surface area contributed by atoms with Gasteiger partial charge in [-0.15, -0.1) is 11.3 Å². The van der Waals surface area contributed by atoms with E-state index in [1.807, 2.05) is 6.92 Å². The van der Waals surface area contributed by atoms with Crippen LogP contribution in [0.25, 0.3) is 0 Å². The highest BCUT2D eigenvalue weighted by Gasteiger charge is 2.30. The molecule has 1 saturated heterocycles. The first kappa shape index (κ1) is 20.4. The smallest absolute Gasteiger partial charge is 0.408 e. The average Bonchev–Trinajstić information content (AvgIpc) is 3.06. The third-order valence-corrected chi connectivity index (χ3v) is 5.16. The summed E-state index contributed by atoms with van der Waals surface area (Å²) >= 11 is 1.29. The van der Waals surface area contributed by atoms with Crippen molar-refractivity contribution in [2.24, 2.45) is 5.92 Å². The normalized spacial score (nSPS) is 16.8. The summed E-state index contributed by atoms with van der Waals surface area (Å²) in [6.45, 7) is 13.3. The van der Waals surface area contributed by atoms with Crippen LogP contribution < -0.4 is 5.32 Å². The van der Waals surface area contributed by atoms with Gasteiger partial charge >= 0.3 is 6.09 Å². The summed E-state index contributed by atoms with van der Waals surface area (Å²) in [5.41, 5.74) is 0.469. The Hall–Kier alpha value is -1.89. The topological polar surface area (TPSA) is 71.5 Å². The second-order valence-corrected chi connectivity index (χ2v) is 8.70. The van der Waals surface area contributed by atoms with Crippen LogP contribution in [0, 0.1) is 5.92 Å². The van der Waals surface area contributed by atoms with Gasteiger partial charge in [0, 0.05) is 30.4 Å². The van der Waals surface area contributed by atoms with E-state index in [4.69, 9.17) is 4.74 Å². The number of nitrogens with one attached hydrogen (secondary N) is 1. The van der Waals surface area contributed by atoms with Crippen molar-refractivity contribution in [3.63, 3.8) is 0 Å². The lowest BCUT2D eigenvalue weighted by Gasteiger charge is -2.35. The van der Waals surface area contributed by atoms with Crippen molar-refractivity contribution in [2.75, 3.05) is 13.1 Å². The summed E-state index contributed by atoms with van der Waals surface area (Å²) in [5.74, 6) is 0.225. The highest BCUT2D eigenvalue weighted by Crippen LogP contribution is 2.25. The highest BCUT2D eigenvalue weighted by atomic mass is 32.1. The second-order valence-electron chi connectivity index (χ2n) is 7.80. The fraction of sp³-hybridized carbons (Fsp3) is 0.632. The number of rotatable bonds is 6. The molecule has 1 amide bonds. The van der Waals surface area contributed by atoms with Crippen molar-refractivity contribution in [1.82, 2.24) is 15.2 Å². The van der Waals surface area contributed by atoms with Crippen LogP contribution in [0.5, 0.6) is 0 Å². The third-order valence-electron chi connectivity index (χ3n) is 4.37. The van der Waals surface area contributed by atoms with E-state index in [0.717, 1.165) is 31.6 Å². The maximum Gasteiger partial charge on any atom is 0.408 e. The molecular weight excluding hydrogens is 350 g/mol. The molecule has 0 saturated carbocycles. The van der Waals surface area contributed by atoms with Crippen LogP contribution in [0.4, 0.5) is 4.79 Å². The number of likely N-dealkylation sites (tertiary alicyclic amines) is 1. The number of piperidine rings is 1. The molecule has 0 unspecified atom stereocenters. The Bertz CT molecular complexity index is 629. The lowest BCUT2D eigenvalue weighted by Crippen LogP contribution is -2.45. The molecule has 1 aromatic rings. The van der Waals surface area contributed by atoms with Gasteiger partial charge in [-0.25, -0.2) is 9.78 Å². The Morgan fingerprint density at radius 3 is 2.58 bits per heavy atom. The summed E-state index contributed by atoms with van der Waals surface area (Å²) < 4.78 is 5.33. The Morgan fingerprint density at radius 1 is 1.42 bits per heavy atom. The molecule has 0 bridgehead atoms. The molecule has 26 heavy (non-hydrogen) atoms. The zero-order valence-electron chi connectivity index (χ0n) is 16.1. The first-order valence-electron chi connectivity index (χ1n) is 8.99. The number of nitrogens with zero attached hydrogens (tertiary/aromatic N) is 2. The van der Waals surface area contributed by atoms with Crippen LogP contribution in [0.2, 0.25) is 0 Å². The number of aromatic nitrogens is 1. The number of hydrogen-bond acceptors (Lipinski definition) is 6. The minimum Gasteiger partial charge on any atom is -0.444 e. The second kappa shape index (κ2) is 8.66. The molecule has 1 aliphatic heterocycles. The van der Waals surface area contributed by atoms with Crippen molar-refractivity contribution in [3.05, 3.63) is 28.9 Å². The lowest BCUT2D eigenvalue weighted by molar-refractivity contribution is 0.0479. The number of hydrogen-bond donors (Lipinski definition) is 1. The zero-order chi connectivity index (χ0) is 19.3. The lowest BCUT2D eigenvalue weighted by atomic mass is 9.88. The molecule has 1 N–H and O–H groups in total. The van der Waals surface area contributed by atoms with Crippen LogP contribution in [0.3, 0.4) is 0 Å². The predicted molar refractivity (Wildman–Crippen MR) is 103 cm³/mol. The first-order chi connectivity index (χ1) is 12.2. The number of carbonyl (C=O) groups is 2. The van der Waals surface area contributed by atoms with Gasteiger partial charge in [0.05, 0.1) is 6.04 Å². The third kappa shape index (κ3) is 6.12. The van der Waals surface area contributed by atoms with Gasteiger partial charge in [0.1, 0.15) is 5.60 Å². The summed E-state index contributed by atoms with van der Waals surface area (Å²) in [4.78, 5) is 31.4. The molecule has 6 nitrogen and oxygen atoms in total. The molecule has 0 aliphatic carbocycles.